The number of anilines is 1. The highest BCUT2D eigenvalue weighted by molar-refractivity contribution is 7.92. The van der Waals surface area contributed by atoms with Crippen LogP contribution in [0.2, 0.25) is 5.02 Å². The third-order valence-corrected chi connectivity index (χ3v) is 7.25. The van der Waals surface area contributed by atoms with E-state index in [0.29, 0.717) is 22.2 Å². The van der Waals surface area contributed by atoms with E-state index in [1.165, 1.54) is 32.4 Å². The molecule has 1 N–H and O–H groups in total. The van der Waals surface area contributed by atoms with Crippen LogP contribution in [0.3, 0.4) is 0 Å². The minimum Gasteiger partial charge on any atom is -0.493 e. The maximum atomic E-state index is 13.7. The summed E-state index contributed by atoms with van der Waals surface area (Å²) in [4.78, 5) is 12.8. The van der Waals surface area contributed by atoms with Crippen molar-refractivity contribution in [2.75, 3.05) is 38.2 Å². The molecule has 0 aliphatic heterocycles. The number of nitrogens with zero attached hydrogens (tertiary/aromatic N) is 1. The molecule has 0 aliphatic rings. The molecule has 36 heavy (non-hydrogen) atoms. The maximum absolute atomic E-state index is 13.7. The average molecular weight is 533 g/mol. The van der Waals surface area contributed by atoms with Gasteiger partial charge in [-0.15, -0.1) is 0 Å². The Bertz CT molecular complexity index is 1290. The smallest absolute Gasteiger partial charge is 0.264 e. The summed E-state index contributed by atoms with van der Waals surface area (Å²) in [5, 5.41) is 3.31. The van der Waals surface area contributed by atoms with E-state index in [0.717, 1.165) is 15.4 Å². The van der Waals surface area contributed by atoms with E-state index in [-0.39, 0.29) is 23.8 Å². The molecule has 10 heteroatoms. The van der Waals surface area contributed by atoms with Gasteiger partial charge in [0, 0.05) is 11.1 Å². The van der Waals surface area contributed by atoms with Crippen molar-refractivity contribution in [2.45, 2.75) is 18.7 Å². The number of benzene rings is 3. The Kier molecular flexibility index (Phi) is 9.06. The lowest BCUT2D eigenvalue weighted by molar-refractivity contribution is -0.119. The maximum Gasteiger partial charge on any atom is 0.264 e. The van der Waals surface area contributed by atoms with Crippen molar-refractivity contribution in [1.29, 1.82) is 0 Å². The van der Waals surface area contributed by atoms with Gasteiger partial charge in [-0.25, -0.2) is 8.42 Å². The molecule has 0 saturated carbocycles. The number of ether oxygens (including phenoxy) is 3. The first-order chi connectivity index (χ1) is 17.1. The topological polar surface area (TPSA) is 94.2 Å². The summed E-state index contributed by atoms with van der Waals surface area (Å²) in [7, 11) is -1.23. The van der Waals surface area contributed by atoms with Crippen molar-refractivity contribution >= 4 is 33.2 Å². The molecular formula is C26H29ClN2O6S. The van der Waals surface area contributed by atoms with E-state index in [9.17, 15) is 13.2 Å². The van der Waals surface area contributed by atoms with Crippen LogP contribution in [0.5, 0.6) is 17.2 Å². The molecule has 0 bridgehead atoms. The van der Waals surface area contributed by atoms with E-state index >= 15 is 0 Å². The highest BCUT2D eigenvalue weighted by Crippen LogP contribution is 2.32. The first-order valence-corrected chi connectivity index (χ1v) is 12.9. The number of methoxy groups -OCH3 is 2. The molecule has 1 amide bonds. The normalized spacial score (nSPS) is 11.0. The van der Waals surface area contributed by atoms with Crippen LogP contribution < -0.4 is 23.8 Å². The van der Waals surface area contributed by atoms with Gasteiger partial charge in [0.2, 0.25) is 5.91 Å². The highest BCUT2D eigenvalue weighted by Gasteiger charge is 2.28. The lowest BCUT2D eigenvalue weighted by Gasteiger charge is -2.25. The van der Waals surface area contributed by atoms with Gasteiger partial charge in [0.25, 0.3) is 10.0 Å². The van der Waals surface area contributed by atoms with Crippen LogP contribution in [0, 0.1) is 13.8 Å². The lowest BCUT2D eigenvalue weighted by Crippen LogP contribution is -2.42. The van der Waals surface area contributed by atoms with Gasteiger partial charge in [-0.1, -0.05) is 17.7 Å². The van der Waals surface area contributed by atoms with Crippen molar-refractivity contribution in [1.82, 2.24) is 5.32 Å². The minimum absolute atomic E-state index is 0.0295. The van der Waals surface area contributed by atoms with Gasteiger partial charge in [0.1, 0.15) is 18.9 Å². The van der Waals surface area contributed by atoms with Crippen molar-refractivity contribution in [3.63, 3.8) is 0 Å². The zero-order chi connectivity index (χ0) is 26.3. The average Bonchev–Trinajstić information content (AvgIpc) is 2.85. The van der Waals surface area contributed by atoms with Crippen molar-refractivity contribution in [2.24, 2.45) is 0 Å². The van der Waals surface area contributed by atoms with Gasteiger partial charge in [0.05, 0.1) is 31.3 Å². The Morgan fingerprint density at radius 2 is 1.56 bits per heavy atom. The zero-order valence-electron chi connectivity index (χ0n) is 20.6. The quantitative estimate of drug-likeness (QED) is 0.369. The number of aryl methyl sites for hydroxylation is 2. The highest BCUT2D eigenvalue weighted by atomic mass is 35.5. The number of halogens is 1. The number of hydrogen-bond acceptors (Lipinski definition) is 6. The Morgan fingerprint density at radius 1 is 0.917 bits per heavy atom. The standard InChI is InChI=1S/C26H29ClN2O6S/c1-18-13-19(2)15-21(14-18)29(36(31,32)23-9-10-24(33-3)25(16-23)34-4)17-26(30)28-11-12-35-22-7-5-20(27)6-8-22/h5-10,13-16H,11-12,17H2,1-4H3,(H,28,30). The van der Waals surface area contributed by atoms with E-state index in [1.54, 1.807) is 36.4 Å². The monoisotopic (exact) mass is 532 g/mol. The fourth-order valence-electron chi connectivity index (χ4n) is 3.59. The third-order valence-electron chi connectivity index (χ3n) is 5.23. The molecule has 8 nitrogen and oxygen atoms in total. The van der Waals surface area contributed by atoms with Gasteiger partial charge in [-0.3, -0.25) is 9.10 Å². The zero-order valence-corrected chi connectivity index (χ0v) is 22.2. The Balaban J connectivity index is 1.81. The van der Waals surface area contributed by atoms with Crippen LogP contribution in [0.25, 0.3) is 0 Å². The SMILES string of the molecule is COc1ccc(S(=O)(=O)N(CC(=O)NCCOc2ccc(Cl)cc2)c2cc(C)cc(C)c2)cc1OC. The molecule has 0 saturated heterocycles. The van der Waals surface area contributed by atoms with E-state index in [1.807, 2.05) is 19.9 Å². The molecule has 0 heterocycles. The summed E-state index contributed by atoms with van der Waals surface area (Å²) in [5.74, 6) is 0.801. The molecule has 0 unspecified atom stereocenters. The minimum atomic E-state index is -4.12. The van der Waals surface area contributed by atoms with Gasteiger partial charge >= 0.3 is 0 Å². The molecule has 0 radical (unpaired) electrons. The number of carbonyl (C=O) groups is 1. The summed E-state index contributed by atoms with van der Waals surface area (Å²) in [6, 6.07) is 16.5. The van der Waals surface area contributed by atoms with Crippen LogP contribution in [0.4, 0.5) is 5.69 Å². The van der Waals surface area contributed by atoms with Crippen LogP contribution in [-0.2, 0) is 14.8 Å². The Labute approximate surface area is 216 Å². The van der Waals surface area contributed by atoms with Crippen LogP contribution in [0.15, 0.2) is 65.6 Å². The predicted molar refractivity (Wildman–Crippen MR) is 140 cm³/mol. The lowest BCUT2D eigenvalue weighted by atomic mass is 10.1. The molecule has 3 rings (SSSR count). The number of amides is 1. The predicted octanol–water partition coefficient (Wildman–Crippen LogP) is 4.36. The first kappa shape index (κ1) is 27.2. The molecule has 0 aromatic heterocycles. The van der Waals surface area contributed by atoms with Crippen molar-refractivity contribution in [3.8, 4) is 17.2 Å². The van der Waals surface area contributed by atoms with E-state index in [2.05, 4.69) is 5.32 Å². The summed E-state index contributed by atoms with van der Waals surface area (Å²) in [5.41, 5.74) is 2.12. The second kappa shape index (κ2) is 12.0. The molecule has 192 valence electrons. The van der Waals surface area contributed by atoms with Crippen LogP contribution in [-0.4, -0.2) is 48.2 Å². The van der Waals surface area contributed by atoms with Gasteiger partial charge < -0.3 is 19.5 Å². The summed E-state index contributed by atoms with van der Waals surface area (Å²) < 4.78 is 44.6. The van der Waals surface area contributed by atoms with E-state index in [4.69, 9.17) is 25.8 Å². The van der Waals surface area contributed by atoms with Gasteiger partial charge in [-0.05, 0) is 73.5 Å². The number of carbonyl (C=O) groups excluding carboxylic acids is 1. The Hall–Kier alpha value is -3.43. The van der Waals surface area contributed by atoms with Crippen molar-refractivity contribution < 1.29 is 27.4 Å². The molecule has 3 aromatic carbocycles. The summed E-state index contributed by atoms with van der Waals surface area (Å²) >= 11 is 5.87. The van der Waals surface area contributed by atoms with Crippen molar-refractivity contribution in [3.05, 3.63) is 76.8 Å². The van der Waals surface area contributed by atoms with E-state index < -0.39 is 22.5 Å². The second-order valence-electron chi connectivity index (χ2n) is 8.03. The first-order valence-electron chi connectivity index (χ1n) is 11.1. The summed E-state index contributed by atoms with van der Waals surface area (Å²) in [6.45, 7) is 3.72. The fourth-order valence-corrected chi connectivity index (χ4v) is 5.14. The van der Waals surface area contributed by atoms with Crippen LogP contribution >= 0.6 is 11.6 Å². The largest absolute Gasteiger partial charge is 0.493 e. The molecule has 3 aromatic rings. The molecule has 0 spiro atoms. The number of rotatable bonds is 11. The fraction of sp³-hybridized carbons (Fsp3) is 0.269. The molecule has 0 aliphatic carbocycles. The van der Waals surface area contributed by atoms with Gasteiger partial charge in [0.15, 0.2) is 11.5 Å². The molecular weight excluding hydrogens is 504 g/mol. The third kappa shape index (κ3) is 6.83. The number of hydrogen-bond donors (Lipinski definition) is 1. The molecule has 0 fully saturated rings. The van der Waals surface area contributed by atoms with Gasteiger partial charge in [-0.2, -0.15) is 0 Å². The molecule has 0 atom stereocenters. The number of sulfonamides is 1. The number of nitrogens with one attached hydrogen (secondary N) is 1. The Morgan fingerprint density at radius 3 is 2.17 bits per heavy atom. The summed E-state index contributed by atoms with van der Waals surface area (Å²) in [6.07, 6.45) is 0. The second-order valence-corrected chi connectivity index (χ2v) is 10.3. The van der Waals surface area contributed by atoms with Crippen LogP contribution in [0.1, 0.15) is 11.1 Å².